The average Bonchev–Trinajstić information content (AvgIpc) is 2.97. The van der Waals surface area contributed by atoms with Gasteiger partial charge in [-0.1, -0.05) is 64.8 Å². The van der Waals surface area contributed by atoms with Crippen LogP contribution in [0, 0.1) is 23.0 Å². The summed E-state index contributed by atoms with van der Waals surface area (Å²) in [5, 5.41) is 14.5. The molecule has 3 atom stereocenters. The van der Waals surface area contributed by atoms with Crippen molar-refractivity contribution in [1.82, 2.24) is 5.32 Å². The van der Waals surface area contributed by atoms with Crippen molar-refractivity contribution < 1.29 is 13.9 Å². The van der Waals surface area contributed by atoms with Gasteiger partial charge in [0.05, 0.1) is 6.10 Å². The number of hydrogen-bond acceptors (Lipinski definition) is 2. The smallest absolute Gasteiger partial charge is 0.126 e. The maximum Gasteiger partial charge on any atom is 0.126 e. The third kappa shape index (κ3) is 6.62. The molecule has 0 aliphatic heterocycles. The molecule has 0 spiro atoms. The van der Waals surface area contributed by atoms with Gasteiger partial charge in [-0.2, -0.15) is 0 Å². The van der Waals surface area contributed by atoms with Crippen molar-refractivity contribution >= 4 is 0 Å². The Bertz CT molecular complexity index is 860. The number of aliphatic hydroxyl groups excluding tert-OH is 1. The van der Waals surface area contributed by atoms with Crippen molar-refractivity contribution in [3.8, 4) is 0 Å². The van der Waals surface area contributed by atoms with Gasteiger partial charge in [0.15, 0.2) is 0 Å². The largest absolute Gasteiger partial charge is 0.392 e. The minimum atomic E-state index is -0.578. The summed E-state index contributed by atoms with van der Waals surface area (Å²) >= 11 is 0. The molecular formula is C28H39F2NO. The van der Waals surface area contributed by atoms with Crippen LogP contribution in [0.5, 0.6) is 0 Å². The quantitative estimate of drug-likeness (QED) is 0.494. The van der Waals surface area contributed by atoms with E-state index in [0.717, 1.165) is 31.7 Å². The molecule has 1 fully saturated rings. The predicted molar refractivity (Wildman–Crippen MR) is 128 cm³/mol. The van der Waals surface area contributed by atoms with Crippen molar-refractivity contribution in [1.29, 1.82) is 0 Å². The standard InChI is InChI=1S/C28H39F2NO/c1-20-8-7-13-28(18-20,23-10-6-5-9-22(16-23)27(2,3)4)31-19-26(32)12-11-21-14-24(29)17-25(30)15-21/h5,9-10,14-17,20,26,31-32H,6-8,11-13,18-19H2,1-4H3. The van der Waals surface area contributed by atoms with Crippen LogP contribution in [0.25, 0.3) is 0 Å². The molecule has 1 aromatic carbocycles. The zero-order valence-electron chi connectivity index (χ0n) is 20.1. The summed E-state index contributed by atoms with van der Waals surface area (Å²) in [5.74, 6) is -0.525. The Kier molecular flexibility index (Phi) is 8.11. The first-order valence-corrected chi connectivity index (χ1v) is 12.0. The van der Waals surface area contributed by atoms with Crippen LogP contribution in [-0.4, -0.2) is 23.3 Å². The molecule has 0 bridgehead atoms. The van der Waals surface area contributed by atoms with E-state index in [1.54, 1.807) is 0 Å². The maximum absolute atomic E-state index is 13.5. The molecule has 2 nitrogen and oxygen atoms in total. The Morgan fingerprint density at radius 2 is 1.91 bits per heavy atom. The minimum absolute atomic E-state index is 0.0706. The van der Waals surface area contributed by atoms with Crippen molar-refractivity contribution in [2.24, 2.45) is 11.3 Å². The van der Waals surface area contributed by atoms with Gasteiger partial charge in [-0.3, -0.25) is 0 Å². The molecule has 2 N–H and O–H groups in total. The second-order valence-electron chi connectivity index (χ2n) is 10.8. The molecule has 3 unspecified atom stereocenters. The molecule has 0 saturated heterocycles. The van der Waals surface area contributed by atoms with E-state index in [0.29, 0.717) is 30.9 Å². The van der Waals surface area contributed by atoms with Gasteiger partial charge >= 0.3 is 0 Å². The summed E-state index contributed by atoms with van der Waals surface area (Å²) in [6, 6.07) is 3.57. The van der Waals surface area contributed by atoms with E-state index >= 15 is 0 Å². The Labute approximate surface area is 192 Å². The Hall–Kier alpha value is -1.78. The number of aryl methyl sites for hydroxylation is 1. The third-order valence-electron chi connectivity index (χ3n) is 6.86. The Morgan fingerprint density at radius 1 is 1.19 bits per heavy atom. The number of aliphatic hydroxyl groups is 1. The van der Waals surface area contributed by atoms with Crippen molar-refractivity contribution in [2.45, 2.75) is 84.3 Å². The molecule has 3 rings (SSSR count). The lowest BCUT2D eigenvalue weighted by molar-refractivity contribution is 0.135. The van der Waals surface area contributed by atoms with Gasteiger partial charge in [-0.15, -0.1) is 0 Å². The molecule has 0 radical (unpaired) electrons. The zero-order valence-corrected chi connectivity index (χ0v) is 20.1. The van der Waals surface area contributed by atoms with Crippen molar-refractivity contribution in [3.05, 3.63) is 70.8 Å². The van der Waals surface area contributed by atoms with Crippen molar-refractivity contribution in [2.75, 3.05) is 6.54 Å². The fourth-order valence-corrected chi connectivity index (χ4v) is 5.04. The lowest BCUT2D eigenvalue weighted by atomic mass is 9.70. The van der Waals surface area contributed by atoms with E-state index in [1.165, 1.54) is 29.7 Å². The maximum atomic E-state index is 13.5. The lowest BCUT2D eigenvalue weighted by Crippen LogP contribution is -2.52. The Balaban J connectivity index is 1.72. The van der Waals surface area contributed by atoms with Gasteiger partial charge in [0.25, 0.3) is 0 Å². The molecule has 1 aromatic rings. The topological polar surface area (TPSA) is 32.3 Å². The van der Waals surface area contributed by atoms with E-state index in [4.69, 9.17) is 0 Å². The second kappa shape index (κ2) is 10.4. The number of nitrogens with one attached hydrogen (secondary N) is 1. The zero-order chi connectivity index (χ0) is 23.4. The molecule has 32 heavy (non-hydrogen) atoms. The van der Waals surface area contributed by atoms with Gasteiger partial charge in [0, 0.05) is 18.2 Å². The Morgan fingerprint density at radius 3 is 2.56 bits per heavy atom. The number of rotatable bonds is 7. The molecule has 2 aliphatic rings. The average molecular weight is 444 g/mol. The summed E-state index contributed by atoms with van der Waals surface area (Å²) in [6.07, 6.45) is 14.9. The highest BCUT2D eigenvalue weighted by Crippen LogP contribution is 2.41. The van der Waals surface area contributed by atoms with Gasteiger partial charge in [-0.05, 0) is 72.3 Å². The predicted octanol–water partition coefficient (Wildman–Crippen LogP) is 6.66. The van der Waals surface area contributed by atoms with E-state index in [1.807, 2.05) is 0 Å². The van der Waals surface area contributed by atoms with Crippen molar-refractivity contribution in [3.63, 3.8) is 0 Å². The molecule has 0 heterocycles. The highest BCUT2D eigenvalue weighted by Gasteiger charge is 2.38. The van der Waals surface area contributed by atoms with Crippen LogP contribution in [0.15, 0.2) is 53.6 Å². The normalized spacial score (nSPS) is 25.2. The van der Waals surface area contributed by atoms with Crippen LogP contribution in [0.2, 0.25) is 0 Å². The first-order valence-electron chi connectivity index (χ1n) is 12.0. The summed E-state index contributed by atoms with van der Waals surface area (Å²) in [6.45, 7) is 9.51. The van der Waals surface area contributed by atoms with E-state index in [2.05, 4.69) is 57.3 Å². The lowest BCUT2D eigenvalue weighted by Gasteiger charge is -2.43. The monoisotopic (exact) mass is 443 g/mol. The minimum Gasteiger partial charge on any atom is -0.392 e. The van der Waals surface area contributed by atoms with Crippen LogP contribution in [-0.2, 0) is 6.42 Å². The van der Waals surface area contributed by atoms with Gasteiger partial charge in [0.1, 0.15) is 11.6 Å². The number of halogens is 2. The highest BCUT2D eigenvalue weighted by molar-refractivity contribution is 5.42. The molecule has 1 saturated carbocycles. The summed E-state index contributed by atoms with van der Waals surface area (Å²) in [4.78, 5) is 0. The van der Waals surface area contributed by atoms with Gasteiger partial charge in [-0.25, -0.2) is 8.78 Å². The molecular weight excluding hydrogens is 404 g/mol. The SMILES string of the molecule is CC1CCCC(NCC(O)CCc2cc(F)cc(F)c2)(C2=CCC=CC(C(C)(C)C)=C2)C1. The first-order chi connectivity index (χ1) is 15.1. The van der Waals surface area contributed by atoms with Gasteiger partial charge in [0.2, 0.25) is 0 Å². The second-order valence-corrected chi connectivity index (χ2v) is 10.8. The molecule has 0 amide bonds. The van der Waals surface area contributed by atoms with Crippen LogP contribution < -0.4 is 5.32 Å². The summed E-state index contributed by atoms with van der Waals surface area (Å²) < 4.78 is 26.9. The van der Waals surface area contributed by atoms with E-state index in [-0.39, 0.29) is 11.0 Å². The van der Waals surface area contributed by atoms with Gasteiger partial charge < -0.3 is 10.4 Å². The molecule has 0 aromatic heterocycles. The van der Waals surface area contributed by atoms with Crippen LogP contribution in [0.3, 0.4) is 0 Å². The number of β-amino-alcohol motifs (C(OH)–C–C–N with tert-alkyl or cyclic N) is 1. The van der Waals surface area contributed by atoms with E-state index in [9.17, 15) is 13.9 Å². The molecule has 176 valence electrons. The molecule has 4 heteroatoms. The third-order valence-corrected chi connectivity index (χ3v) is 6.86. The first kappa shape index (κ1) is 24.9. The summed E-state index contributed by atoms with van der Waals surface area (Å²) in [5.41, 5.74) is 3.17. The number of hydrogen-bond donors (Lipinski definition) is 2. The van der Waals surface area contributed by atoms with Crippen LogP contribution >= 0.6 is 0 Å². The fraction of sp³-hybridized carbons (Fsp3) is 0.571. The fourth-order valence-electron chi connectivity index (χ4n) is 5.04. The van der Waals surface area contributed by atoms with Crippen LogP contribution in [0.1, 0.15) is 71.8 Å². The summed E-state index contributed by atoms with van der Waals surface area (Å²) in [7, 11) is 0. The number of benzene rings is 1. The van der Waals surface area contributed by atoms with E-state index < -0.39 is 17.7 Å². The highest BCUT2D eigenvalue weighted by atomic mass is 19.1. The molecule has 2 aliphatic carbocycles. The van der Waals surface area contributed by atoms with Crippen LogP contribution in [0.4, 0.5) is 8.78 Å². The number of allylic oxidation sites excluding steroid dienone is 4.